The van der Waals surface area contributed by atoms with Gasteiger partial charge in [-0.15, -0.1) is 0 Å². The number of hydrogen-bond acceptors (Lipinski definition) is 12. The van der Waals surface area contributed by atoms with E-state index in [9.17, 15) is 35.4 Å². The highest BCUT2D eigenvalue weighted by molar-refractivity contribution is 5.88. The van der Waals surface area contributed by atoms with E-state index in [-0.39, 0.29) is 45.3 Å². The lowest BCUT2D eigenvalue weighted by Crippen LogP contribution is -2.58. The van der Waals surface area contributed by atoms with Gasteiger partial charge in [-0.05, 0) is 19.1 Å². The van der Waals surface area contributed by atoms with Gasteiger partial charge in [-0.25, -0.2) is 0 Å². The molecule has 1 saturated heterocycles. The highest BCUT2D eigenvalue weighted by atomic mass is 16.7. The van der Waals surface area contributed by atoms with Crippen LogP contribution in [0.15, 0.2) is 33.5 Å². The summed E-state index contributed by atoms with van der Waals surface area (Å²) in [6.07, 6.45) is -7.37. The average Bonchev–Trinajstić information content (AvgIpc) is 2.82. The molecule has 5 atom stereocenters. The van der Waals surface area contributed by atoms with Gasteiger partial charge in [-0.1, -0.05) is 0 Å². The van der Waals surface area contributed by atoms with Crippen molar-refractivity contribution in [1.82, 2.24) is 0 Å². The molecule has 2 aromatic carbocycles. The minimum atomic E-state index is -1.75. The maximum Gasteiger partial charge on any atom is 0.239 e. The van der Waals surface area contributed by atoms with Crippen LogP contribution >= 0.6 is 0 Å². The third-order valence-corrected chi connectivity index (χ3v) is 5.70. The molecule has 0 bridgehead atoms. The van der Waals surface area contributed by atoms with Crippen molar-refractivity contribution in [2.45, 2.75) is 37.6 Å². The second-order valence-electron chi connectivity index (χ2n) is 7.96. The molecule has 1 aliphatic rings. The molecule has 0 amide bonds. The van der Waals surface area contributed by atoms with Crippen LogP contribution in [0.3, 0.4) is 0 Å². The Hall–Kier alpha value is -3.71. The van der Waals surface area contributed by atoms with Crippen LogP contribution in [0.4, 0.5) is 0 Å². The lowest BCUT2D eigenvalue weighted by atomic mass is 10.00. The van der Waals surface area contributed by atoms with E-state index in [1.165, 1.54) is 33.3 Å². The van der Waals surface area contributed by atoms with Crippen molar-refractivity contribution >= 4 is 11.0 Å². The van der Waals surface area contributed by atoms with Crippen LogP contribution in [-0.2, 0) is 4.74 Å². The van der Waals surface area contributed by atoms with E-state index < -0.39 is 47.6 Å². The molecule has 6 N–H and O–H groups in total. The van der Waals surface area contributed by atoms with Crippen molar-refractivity contribution in [2.24, 2.45) is 0 Å². The molecule has 4 rings (SSSR count). The highest BCUT2D eigenvalue weighted by Gasteiger charge is 2.44. The van der Waals surface area contributed by atoms with Gasteiger partial charge < -0.3 is 54.0 Å². The first-order valence-corrected chi connectivity index (χ1v) is 10.4. The quantitative estimate of drug-likeness (QED) is 0.294. The second kappa shape index (κ2) is 9.15. The third kappa shape index (κ3) is 4.17. The number of phenolic OH excluding ortho intramolecular Hbond substituents is 3. The molecule has 3 aromatic rings. The topological polar surface area (TPSA) is 189 Å². The van der Waals surface area contributed by atoms with Crippen LogP contribution in [0.25, 0.3) is 22.3 Å². The number of fused-ring (bicyclic) bond motifs is 1. The number of aliphatic hydroxyl groups excluding tert-OH is 3. The maximum atomic E-state index is 13.5. The van der Waals surface area contributed by atoms with E-state index in [1.807, 2.05) is 0 Å². The molecule has 188 valence electrons. The third-order valence-electron chi connectivity index (χ3n) is 5.70. The molecule has 0 spiro atoms. The van der Waals surface area contributed by atoms with Gasteiger partial charge >= 0.3 is 0 Å². The van der Waals surface area contributed by atoms with Gasteiger partial charge in [0.05, 0.1) is 20.3 Å². The minimum absolute atomic E-state index is 0.0343. The summed E-state index contributed by atoms with van der Waals surface area (Å²) in [5.74, 6) is -2.16. The number of methoxy groups -OCH3 is 2. The standard InChI is InChI=1S/C23H24O12/c1-8-16(26)19(29)20(30)23(33-8)35-22-18(28)15-11(25)6-10(24)7-12(15)34-21(22)9-4-13(31-2)17(27)14(5-9)32-3/h4-8,16,19-20,23-27,29-30H,1-3H3/t8-,16-,19+,20+,23-/m0/s1. The van der Waals surface area contributed by atoms with Crippen LogP contribution < -0.4 is 19.6 Å². The van der Waals surface area contributed by atoms with E-state index in [1.54, 1.807) is 0 Å². The summed E-state index contributed by atoms with van der Waals surface area (Å²) < 4.78 is 27.3. The Labute approximate surface area is 197 Å². The monoisotopic (exact) mass is 492 g/mol. The number of rotatable bonds is 5. The Morgan fingerprint density at radius 2 is 1.51 bits per heavy atom. The predicted molar refractivity (Wildman–Crippen MR) is 119 cm³/mol. The Morgan fingerprint density at radius 1 is 0.886 bits per heavy atom. The van der Waals surface area contributed by atoms with E-state index in [2.05, 4.69) is 0 Å². The first kappa shape index (κ1) is 24.4. The van der Waals surface area contributed by atoms with E-state index in [0.29, 0.717) is 0 Å². The molecular weight excluding hydrogens is 468 g/mol. The van der Waals surface area contributed by atoms with E-state index >= 15 is 0 Å². The number of hydrogen-bond donors (Lipinski definition) is 6. The number of benzene rings is 2. The number of aliphatic hydroxyl groups is 3. The molecule has 1 fully saturated rings. The first-order valence-electron chi connectivity index (χ1n) is 10.4. The van der Waals surface area contributed by atoms with E-state index in [0.717, 1.165) is 12.1 Å². The van der Waals surface area contributed by atoms with Gasteiger partial charge in [0.2, 0.25) is 23.2 Å². The molecule has 0 aliphatic carbocycles. The van der Waals surface area contributed by atoms with Crippen LogP contribution in [0.1, 0.15) is 6.92 Å². The van der Waals surface area contributed by atoms with Gasteiger partial charge in [0.25, 0.3) is 0 Å². The summed E-state index contributed by atoms with van der Waals surface area (Å²) in [4.78, 5) is 13.5. The second-order valence-corrected chi connectivity index (χ2v) is 7.96. The highest BCUT2D eigenvalue weighted by Crippen LogP contribution is 2.43. The lowest BCUT2D eigenvalue weighted by molar-refractivity contribution is -0.268. The fraction of sp³-hybridized carbons (Fsp3) is 0.348. The van der Waals surface area contributed by atoms with Crippen molar-refractivity contribution in [3.8, 4) is 45.8 Å². The van der Waals surface area contributed by atoms with Gasteiger partial charge in [-0.2, -0.15) is 0 Å². The fourth-order valence-electron chi connectivity index (χ4n) is 3.82. The van der Waals surface area contributed by atoms with Gasteiger partial charge in [-0.3, -0.25) is 4.79 Å². The maximum absolute atomic E-state index is 13.5. The van der Waals surface area contributed by atoms with Gasteiger partial charge in [0.1, 0.15) is 40.8 Å². The number of phenols is 3. The Morgan fingerprint density at radius 3 is 2.11 bits per heavy atom. The number of ether oxygens (including phenoxy) is 4. The summed E-state index contributed by atoms with van der Waals surface area (Å²) in [6, 6.07) is 4.67. The molecule has 12 nitrogen and oxygen atoms in total. The van der Waals surface area contributed by atoms with Crippen molar-refractivity contribution in [1.29, 1.82) is 0 Å². The molecule has 0 saturated carbocycles. The average molecular weight is 492 g/mol. The SMILES string of the molecule is COc1cc(-c2oc3cc(O)cc(O)c3c(=O)c2O[C@@H]2O[C@@H](C)[C@H](O)[C@@H](O)[C@H]2O)cc(OC)c1O. The molecule has 0 unspecified atom stereocenters. The van der Waals surface area contributed by atoms with Crippen LogP contribution in [0.5, 0.6) is 34.5 Å². The fourth-order valence-corrected chi connectivity index (χ4v) is 3.82. The van der Waals surface area contributed by atoms with Crippen LogP contribution in [-0.4, -0.2) is 75.6 Å². The molecule has 1 aliphatic heterocycles. The summed E-state index contributed by atoms with van der Waals surface area (Å²) in [5, 5.41) is 60.6. The van der Waals surface area contributed by atoms with Gasteiger partial charge in [0.15, 0.2) is 17.3 Å². The molecule has 12 heteroatoms. The van der Waals surface area contributed by atoms with Crippen molar-refractivity contribution in [2.75, 3.05) is 14.2 Å². The predicted octanol–water partition coefficient (Wildman–Crippen LogP) is 0.800. The smallest absolute Gasteiger partial charge is 0.239 e. The Kier molecular flexibility index (Phi) is 6.38. The van der Waals surface area contributed by atoms with Crippen molar-refractivity contribution in [3.05, 3.63) is 34.5 Å². The lowest BCUT2D eigenvalue weighted by Gasteiger charge is -2.38. The molecule has 35 heavy (non-hydrogen) atoms. The summed E-state index contributed by atoms with van der Waals surface area (Å²) in [6.45, 7) is 1.43. The van der Waals surface area contributed by atoms with Crippen molar-refractivity contribution < 1.29 is 54.0 Å². The summed E-state index contributed by atoms with van der Waals surface area (Å²) in [7, 11) is 2.59. The largest absolute Gasteiger partial charge is 0.508 e. The molecule has 1 aromatic heterocycles. The Bertz CT molecular complexity index is 1290. The van der Waals surface area contributed by atoms with Gasteiger partial charge in [0, 0.05) is 17.7 Å². The number of aromatic hydroxyl groups is 3. The summed E-state index contributed by atoms with van der Waals surface area (Å²) in [5.41, 5.74) is -0.976. The van der Waals surface area contributed by atoms with Crippen molar-refractivity contribution in [3.63, 3.8) is 0 Å². The van der Waals surface area contributed by atoms with E-state index in [4.69, 9.17) is 23.4 Å². The minimum Gasteiger partial charge on any atom is -0.508 e. The molecule has 0 radical (unpaired) electrons. The Balaban J connectivity index is 1.97. The molecular formula is C23H24O12. The zero-order valence-corrected chi connectivity index (χ0v) is 18.8. The zero-order chi connectivity index (χ0) is 25.6. The normalized spacial score (nSPS) is 24.3. The zero-order valence-electron chi connectivity index (χ0n) is 18.8. The summed E-state index contributed by atoms with van der Waals surface area (Å²) >= 11 is 0. The first-order chi connectivity index (χ1) is 16.6. The van der Waals surface area contributed by atoms with Crippen LogP contribution in [0.2, 0.25) is 0 Å². The molecule has 2 heterocycles. The van der Waals surface area contributed by atoms with Crippen LogP contribution in [0, 0.1) is 0 Å².